The second-order valence-corrected chi connectivity index (χ2v) is 0.813. The zero-order valence-corrected chi connectivity index (χ0v) is 3.59. The predicted octanol–water partition coefficient (Wildman–Crippen LogP) is 1.72. The summed E-state index contributed by atoms with van der Waals surface area (Å²) in [5.41, 5.74) is 0. The van der Waals surface area contributed by atoms with E-state index in [-0.39, 0.29) is 0 Å². The summed E-state index contributed by atoms with van der Waals surface area (Å²) in [4.78, 5) is 0. The van der Waals surface area contributed by atoms with Gasteiger partial charge in [0.25, 0.3) is 0 Å². The molecule has 0 aromatic rings. The lowest BCUT2D eigenvalue weighted by Gasteiger charge is -1.50. The van der Waals surface area contributed by atoms with Crippen LogP contribution in [0.1, 0.15) is 0 Å². The molecule has 0 rings (SSSR count). The van der Waals surface area contributed by atoms with Crippen molar-refractivity contribution in [2.75, 3.05) is 0 Å². The molecule has 0 atom stereocenters. The van der Waals surface area contributed by atoms with Gasteiger partial charge < -0.3 is 0 Å². The Morgan fingerprint density at radius 3 is 2.17 bits per heavy atom. The Labute approximate surface area is 38.5 Å². The van der Waals surface area contributed by atoms with Crippen molar-refractivity contribution in [2.45, 2.75) is 0 Å². The highest BCUT2D eigenvalue weighted by Gasteiger charge is 1.59. The largest absolute Gasteiger partial charge is 0.151 e. The molecule has 0 nitrogen and oxygen atoms in total. The van der Waals surface area contributed by atoms with E-state index in [1.165, 1.54) is 6.08 Å². The first kappa shape index (κ1) is 5.13. The fourth-order valence-electron chi connectivity index (χ4n) is 0.143. The molecule has 30 valence electrons. The molecule has 6 heavy (non-hydrogen) atoms. The molecule has 0 heteroatoms. The lowest BCUT2D eigenvalue weighted by atomic mass is 10.5. The van der Waals surface area contributed by atoms with Crippen molar-refractivity contribution >= 4 is 0 Å². The Hall–Kier alpha value is -0.870. The van der Waals surface area contributed by atoms with Gasteiger partial charge >= 0.3 is 0 Å². The SMILES string of the molecule is [CH+]=C/C=C\C=C. The summed E-state index contributed by atoms with van der Waals surface area (Å²) >= 11 is 0. The van der Waals surface area contributed by atoms with Gasteiger partial charge in [-0.2, -0.15) is 0 Å². The van der Waals surface area contributed by atoms with Crippen molar-refractivity contribution in [1.82, 2.24) is 0 Å². The minimum atomic E-state index is 1.46. The third kappa shape index (κ3) is 3.13. The highest BCUT2D eigenvalue weighted by Crippen LogP contribution is 1.69. The van der Waals surface area contributed by atoms with E-state index in [1.807, 2.05) is 0 Å². The smallest absolute Gasteiger partial charge is 0.0973 e. The van der Waals surface area contributed by atoms with Crippen molar-refractivity contribution in [3.63, 3.8) is 0 Å². The van der Waals surface area contributed by atoms with Gasteiger partial charge in [-0.3, -0.25) is 0 Å². The van der Waals surface area contributed by atoms with Gasteiger partial charge in [0.05, 0.1) is 6.08 Å². The molecule has 0 saturated heterocycles. The second kappa shape index (κ2) is 4.13. The van der Waals surface area contributed by atoms with E-state index in [9.17, 15) is 0 Å². The summed E-state index contributed by atoms with van der Waals surface area (Å²) in [6.07, 6.45) is 6.61. The first-order chi connectivity index (χ1) is 2.91. The highest BCUT2D eigenvalue weighted by molar-refractivity contribution is 5.04. The predicted molar refractivity (Wildman–Crippen MR) is 28.2 cm³/mol. The first-order valence-electron chi connectivity index (χ1n) is 1.74. The normalized spacial score (nSPS) is 8.50. The van der Waals surface area contributed by atoms with Gasteiger partial charge in [-0.05, 0) is 6.08 Å². The van der Waals surface area contributed by atoms with Gasteiger partial charge in [0.1, 0.15) is 0 Å². The van der Waals surface area contributed by atoms with Crippen LogP contribution in [0.25, 0.3) is 0 Å². The summed E-state index contributed by atoms with van der Waals surface area (Å²) in [5.74, 6) is 0. The van der Waals surface area contributed by atoms with Gasteiger partial charge in [0, 0.05) is 12.7 Å². The van der Waals surface area contributed by atoms with Crippen molar-refractivity contribution < 1.29 is 0 Å². The van der Waals surface area contributed by atoms with Crippen LogP contribution in [-0.2, 0) is 0 Å². The van der Waals surface area contributed by atoms with Crippen molar-refractivity contribution in [3.8, 4) is 0 Å². The van der Waals surface area contributed by atoms with Crippen LogP contribution < -0.4 is 0 Å². The number of allylic oxidation sites excluding steroid dienone is 4. The quantitative estimate of drug-likeness (QED) is 0.349. The van der Waals surface area contributed by atoms with Crippen molar-refractivity contribution in [3.05, 3.63) is 37.5 Å². The second-order valence-electron chi connectivity index (χ2n) is 0.813. The molecule has 0 fully saturated rings. The molecule has 0 aromatic heterocycles. The van der Waals surface area contributed by atoms with Crippen LogP contribution in [0.3, 0.4) is 0 Å². The summed E-state index contributed by atoms with van der Waals surface area (Å²) in [5, 5.41) is 0. The zero-order valence-electron chi connectivity index (χ0n) is 3.59. The lowest BCUT2D eigenvalue weighted by molar-refractivity contribution is 1.97. The summed E-state index contributed by atoms with van der Waals surface area (Å²) < 4.78 is 0. The topological polar surface area (TPSA) is 0 Å². The molecule has 0 spiro atoms. The molecule has 0 bridgehead atoms. The third-order valence-electron chi connectivity index (χ3n) is 0.358. The summed E-state index contributed by atoms with van der Waals surface area (Å²) in [7, 11) is 0. The lowest BCUT2D eigenvalue weighted by Crippen LogP contribution is -1.38. The average Bonchev–Trinajstić information content (AvgIpc) is 1.61. The maximum atomic E-state index is 4.96. The van der Waals surface area contributed by atoms with Crippen LogP contribution in [0.15, 0.2) is 30.9 Å². The van der Waals surface area contributed by atoms with Crippen LogP contribution in [0, 0.1) is 6.58 Å². The molecular formula is C6H7+. The molecule has 0 unspecified atom stereocenters. The fraction of sp³-hybridized carbons (Fsp3) is 0. The monoisotopic (exact) mass is 79.1 g/mol. The Bertz CT molecular complexity index is 58.1. The van der Waals surface area contributed by atoms with Crippen LogP contribution in [0.5, 0.6) is 0 Å². The highest BCUT2D eigenvalue weighted by atomic mass is 13.5. The molecule has 0 aliphatic rings. The van der Waals surface area contributed by atoms with Gasteiger partial charge in [-0.1, -0.05) is 6.58 Å². The fourth-order valence-corrected chi connectivity index (χ4v) is 0.143. The summed E-state index contributed by atoms with van der Waals surface area (Å²) in [6.45, 7) is 8.39. The molecule has 0 aliphatic carbocycles. The van der Waals surface area contributed by atoms with E-state index in [1.54, 1.807) is 18.2 Å². The Morgan fingerprint density at radius 2 is 2.00 bits per heavy atom. The van der Waals surface area contributed by atoms with Crippen molar-refractivity contribution in [1.29, 1.82) is 0 Å². The maximum Gasteiger partial charge on any atom is 0.151 e. The van der Waals surface area contributed by atoms with Gasteiger partial charge in [-0.15, -0.1) is 0 Å². The maximum absolute atomic E-state index is 4.96. The average molecular weight is 79.1 g/mol. The molecule has 0 saturated carbocycles. The molecule has 0 amide bonds. The number of rotatable bonds is 2. The molecule has 0 radical (unpaired) electrons. The van der Waals surface area contributed by atoms with E-state index in [2.05, 4.69) is 6.58 Å². The van der Waals surface area contributed by atoms with E-state index in [0.717, 1.165) is 0 Å². The molecular weight excluding hydrogens is 72.1 g/mol. The Kier molecular flexibility index (Phi) is 3.53. The molecule has 0 aromatic carbocycles. The summed E-state index contributed by atoms with van der Waals surface area (Å²) in [6, 6.07) is 0. The van der Waals surface area contributed by atoms with Crippen LogP contribution in [0.4, 0.5) is 0 Å². The van der Waals surface area contributed by atoms with E-state index in [0.29, 0.717) is 0 Å². The number of hydrogen-bond acceptors (Lipinski definition) is 0. The molecule has 0 aliphatic heterocycles. The third-order valence-corrected chi connectivity index (χ3v) is 0.358. The van der Waals surface area contributed by atoms with Crippen molar-refractivity contribution in [2.24, 2.45) is 0 Å². The van der Waals surface area contributed by atoms with E-state index < -0.39 is 0 Å². The van der Waals surface area contributed by atoms with Crippen LogP contribution >= 0.6 is 0 Å². The molecule has 0 heterocycles. The standard InChI is InChI=1S/C6H7/c1-3-5-6-4-2/h1,3-6H,2H2/q+1/b6-5-. The molecule has 0 N–H and O–H groups in total. The van der Waals surface area contributed by atoms with Crippen LogP contribution in [0.2, 0.25) is 0 Å². The minimum absolute atomic E-state index is 1.46. The Morgan fingerprint density at radius 1 is 1.33 bits per heavy atom. The van der Waals surface area contributed by atoms with Gasteiger partial charge in [-0.25, -0.2) is 0 Å². The first-order valence-corrected chi connectivity index (χ1v) is 1.74. The minimum Gasteiger partial charge on any atom is -0.0973 e. The van der Waals surface area contributed by atoms with Gasteiger partial charge in [0.15, 0.2) is 6.08 Å². The van der Waals surface area contributed by atoms with Crippen LogP contribution in [-0.4, -0.2) is 0 Å². The zero-order chi connectivity index (χ0) is 4.83. The van der Waals surface area contributed by atoms with E-state index >= 15 is 0 Å². The van der Waals surface area contributed by atoms with Gasteiger partial charge in [0.2, 0.25) is 0 Å². The van der Waals surface area contributed by atoms with E-state index in [4.69, 9.17) is 6.58 Å². The Balaban J connectivity index is 3.17. The number of hydrogen-bond donors (Lipinski definition) is 0.